The van der Waals surface area contributed by atoms with Gasteiger partial charge in [0.25, 0.3) is 0 Å². The van der Waals surface area contributed by atoms with E-state index in [1.165, 1.54) is 4.31 Å². The first-order valence-corrected chi connectivity index (χ1v) is 11.1. The first kappa shape index (κ1) is 18.4. The molecule has 0 aromatic heterocycles. The van der Waals surface area contributed by atoms with Crippen LogP contribution in [0.25, 0.3) is 0 Å². The van der Waals surface area contributed by atoms with Crippen LogP contribution in [0.2, 0.25) is 0 Å². The number of likely N-dealkylation sites (tertiary alicyclic amines) is 1. The Labute approximate surface area is 160 Å². The lowest BCUT2D eigenvalue weighted by atomic mass is 10.1. The van der Waals surface area contributed by atoms with E-state index in [1.807, 2.05) is 23.1 Å². The van der Waals surface area contributed by atoms with Crippen LogP contribution in [0.3, 0.4) is 0 Å². The van der Waals surface area contributed by atoms with Gasteiger partial charge in [-0.25, -0.2) is 8.42 Å². The number of benzene rings is 1. The highest BCUT2D eigenvalue weighted by atomic mass is 32.2. The molecule has 27 heavy (non-hydrogen) atoms. The van der Waals surface area contributed by atoms with Crippen molar-refractivity contribution in [3.05, 3.63) is 35.9 Å². The second kappa shape index (κ2) is 7.24. The summed E-state index contributed by atoms with van der Waals surface area (Å²) >= 11 is 0. The Balaban J connectivity index is 1.32. The molecule has 3 aliphatic rings. The van der Waals surface area contributed by atoms with E-state index >= 15 is 0 Å². The standard InChI is InChI=1S/C19H25N3O4S/c23-18-12-16(13-22(18)17-6-7-17)19(24)20-8-10-21(11-9-20)27(25,26)14-15-4-2-1-3-5-15/h1-5,16-17H,6-14H2. The van der Waals surface area contributed by atoms with E-state index in [-0.39, 0.29) is 23.5 Å². The molecule has 2 heterocycles. The monoisotopic (exact) mass is 391 g/mol. The SMILES string of the molecule is O=C(C1CC(=O)N(C2CC2)C1)N1CCN(S(=O)(=O)Cc2ccccc2)CC1. The number of amides is 2. The predicted molar refractivity (Wildman–Crippen MR) is 100 cm³/mol. The number of piperazine rings is 1. The van der Waals surface area contributed by atoms with Crippen LogP contribution in [0.5, 0.6) is 0 Å². The van der Waals surface area contributed by atoms with Crippen LogP contribution in [-0.2, 0) is 25.4 Å². The van der Waals surface area contributed by atoms with Gasteiger partial charge in [-0.15, -0.1) is 0 Å². The smallest absolute Gasteiger partial charge is 0.228 e. The van der Waals surface area contributed by atoms with Gasteiger partial charge in [-0.3, -0.25) is 9.59 Å². The molecule has 1 atom stereocenters. The summed E-state index contributed by atoms with van der Waals surface area (Å²) in [7, 11) is -3.39. The van der Waals surface area contributed by atoms with Gasteiger partial charge < -0.3 is 9.80 Å². The van der Waals surface area contributed by atoms with Crippen molar-refractivity contribution in [2.75, 3.05) is 32.7 Å². The maximum absolute atomic E-state index is 12.8. The molecule has 0 radical (unpaired) electrons. The molecule has 2 saturated heterocycles. The molecule has 1 saturated carbocycles. The molecule has 1 unspecified atom stereocenters. The number of hydrogen-bond donors (Lipinski definition) is 0. The molecule has 2 aliphatic heterocycles. The quantitative estimate of drug-likeness (QED) is 0.739. The van der Waals surface area contributed by atoms with Crippen molar-refractivity contribution < 1.29 is 18.0 Å². The minimum atomic E-state index is -3.39. The third-order valence-electron chi connectivity index (χ3n) is 5.63. The zero-order chi connectivity index (χ0) is 19.0. The Morgan fingerprint density at radius 1 is 1.04 bits per heavy atom. The lowest BCUT2D eigenvalue weighted by Crippen LogP contribution is -2.52. The minimum Gasteiger partial charge on any atom is -0.340 e. The molecule has 146 valence electrons. The first-order valence-electron chi connectivity index (χ1n) is 9.54. The van der Waals surface area contributed by atoms with Crippen molar-refractivity contribution in [1.82, 2.24) is 14.1 Å². The Hall–Kier alpha value is -1.93. The Kier molecular flexibility index (Phi) is 4.94. The van der Waals surface area contributed by atoms with E-state index < -0.39 is 10.0 Å². The lowest BCUT2D eigenvalue weighted by Gasteiger charge is -2.35. The summed E-state index contributed by atoms with van der Waals surface area (Å²) in [6.07, 6.45) is 2.39. The molecule has 8 heteroatoms. The number of carbonyl (C=O) groups is 2. The van der Waals surface area contributed by atoms with Gasteiger partial charge >= 0.3 is 0 Å². The van der Waals surface area contributed by atoms with Crippen molar-refractivity contribution in [2.45, 2.75) is 31.1 Å². The van der Waals surface area contributed by atoms with Gasteiger partial charge in [0.2, 0.25) is 21.8 Å². The number of rotatable bonds is 5. The van der Waals surface area contributed by atoms with Crippen molar-refractivity contribution in [3.8, 4) is 0 Å². The Morgan fingerprint density at radius 2 is 1.70 bits per heavy atom. The largest absolute Gasteiger partial charge is 0.340 e. The number of sulfonamides is 1. The fraction of sp³-hybridized carbons (Fsp3) is 0.579. The van der Waals surface area contributed by atoms with Crippen LogP contribution in [-0.4, -0.2) is 73.1 Å². The number of nitrogens with zero attached hydrogens (tertiary/aromatic N) is 3. The maximum atomic E-state index is 12.8. The van der Waals surface area contributed by atoms with E-state index in [2.05, 4.69) is 0 Å². The van der Waals surface area contributed by atoms with Gasteiger partial charge in [-0.2, -0.15) is 4.31 Å². The third kappa shape index (κ3) is 4.01. The molecule has 0 spiro atoms. The predicted octanol–water partition coefficient (Wildman–Crippen LogP) is 0.672. The zero-order valence-corrected chi connectivity index (χ0v) is 16.1. The second-order valence-corrected chi connectivity index (χ2v) is 9.61. The van der Waals surface area contributed by atoms with E-state index in [0.717, 1.165) is 18.4 Å². The number of hydrogen-bond acceptors (Lipinski definition) is 4. The van der Waals surface area contributed by atoms with E-state index in [4.69, 9.17) is 0 Å². The minimum absolute atomic E-state index is 0.00777. The van der Waals surface area contributed by atoms with Crippen molar-refractivity contribution in [3.63, 3.8) is 0 Å². The lowest BCUT2D eigenvalue weighted by molar-refractivity contribution is -0.137. The first-order chi connectivity index (χ1) is 12.9. The van der Waals surface area contributed by atoms with Crippen LogP contribution in [0, 0.1) is 5.92 Å². The summed E-state index contributed by atoms with van der Waals surface area (Å²) in [6, 6.07) is 9.47. The molecule has 1 aromatic carbocycles. The van der Waals surface area contributed by atoms with Crippen molar-refractivity contribution >= 4 is 21.8 Å². The third-order valence-corrected chi connectivity index (χ3v) is 7.48. The van der Waals surface area contributed by atoms with E-state index in [0.29, 0.717) is 45.2 Å². The summed E-state index contributed by atoms with van der Waals surface area (Å²) in [5, 5.41) is 0. The van der Waals surface area contributed by atoms with Crippen LogP contribution in [0.1, 0.15) is 24.8 Å². The average molecular weight is 391 g/mol. The summed E-state index contributed by atoms with van der Waals surface area (Å²) in [6.45, 7) is 1.93. The molecule has 3 fully saturated rings. The molecule has 0 N–H and O–H groups in total. The molecule has 1 aliphatic carbocycles. The topological polar surface area (TPSA) is 78.0 Å². The van der Waals surface area contributed by atoms with Crippen LogP contribution in [0.15, 0.2) is 30.3 Å². The summed E-state index contributed by atoms with van der Waals surface area (Å²) in [4.78, 5) is 28.4. The van der Waals surface area contributed by atoms with Gasteiger partial charge in [0.1, 0.15) is 0 Å². The van der Waals surface area contributed by atoms with Gasteiger partial charge in [0.15, 0.2) is 0 Å². The zero-order valence-electron chi connectivity index (χ0n) is 15.3. The summed E-state index contributed by atoms with van der Waals surface area (Å²) < 4.78 is 26.7. The van der Waals surface area contributed by atoms with Crippen LogP contribution >= 0.6 is 0 Å². The van der Waals surface area contributed by atoms with Crippen LogP contribution in [0.4, 0.5) is 0 Å². The van der Waals surface area contributed by atoms with Gasteiger partial charge in [0.05, 0.1) is 11.7 Å². The fourth-order valence-electron chi connectivity index (χ4n) is 3.96. The van der Waals surface area contributed by atoms with E-state index in [1.54, 1.807) is 17.0 Å². The second-order valence-electron chi connectivity index (χ2n) is 7.64. The highest BCUT2D eigenvalue weighted by Crippen LogP contribution is 2.33. The normalized spacial score (nSPS) is 24.4. The molecule has 0 bridgehead atoms. The highest BCUT2D eigenvalue weighted by Gasteiger charge is 2.43. The van der Waals surface area contributed by atoms with Gasteiger partial charge in [-0.1, -0.05) is 30.3 Å². The van der Waals surface area contributed by atoms with E-state index in [9.17, 15) is 18.0 Å². The van der Waals surface area contributed by atoms with Gasteiger partial charge in [-0.05, 0) is 18.4 Å². The van der Waals surface area contributed by atoms with Crippen molar-refractivity contribution in [1.29, 1.82) is 0 Å². The molecule has 7 nitrogen and oxygen atoms in total. The molecule has 4 rings (SSSR count). The fourth-order valence-corrected chi connectivity index (χ4v) is 5.47. The summed E-state index contributed by atoms with van der Waals surface area (Å²) in [5.41, 5.74) is 0.764. The molecular weight excluding hydrogens is 366 g/mol. The summed E-state index contributed by atoms with van der Waals surface area (Å²) in [5.74, 6) is -0.216. The number of carbonyl (C=O) groups excluding carboxylic acids is 2. The molecule has 1 aromatic rings. The Bertz CT molecular complexity index is 815. The maximum Gasteiger partial charge on any atom is 0.228 e. The Morgan fingerprint density at radius 3 is 2.33 bits per heavy atom. The van der Waals surface area contributed by atoms with Crippen molar-refractivity contribution in [2.24, 2.45) is 5.92 Å². The molecular formula is C19H25N3O4S. The highest BCUT2D eigenvalue weighted by molar-refractivity contribution is 7.88. The van der Waals surface area contributed by atoms with Gasteiger partial charge in [0, 0.05) is 45.2 Å². The molecule has 2 amide bonds. The van der Waals surface area contributed by atoms with Crippen LogP contribution < -0.4 is 0 Å². The average Bonchev–Trinajstić information content (AvgIpc) is 3.43.